The summed E-state index contributed by atoms with van der Waals surface area (Å²) in [6.45, 7) is 1.78. The van der Waals surface area contributed by atoms with Gasteiger partial charge in [0.05, 0.1) is 6.21 Å². The molecule has 1 rings (SSSR count). The zero-order chi connectivity index (χ0) is 8.27. The number of hydrogen-bond acceptors (Lipinski definition) is 3. The predicted octanol–water partition coefficient (Wildman–Crippen LogP) is 1.51. The van der Waals surface area contributed by atoms with E-state index >= 15 is 0 Å². The van der Waals surface area contributed by atoms with Crippen molar-refractivity contribution in [1.82, 2.24) is 0 Å². The molecule has 0 aliphatic carbocycles. The van der Waals surface area contributed by atoms with E-state index in [1.165, 1.54) is 6.21 Å². The van der Waals surface area contributed by atoms with Crippen molar-refractivity contribution in [3.05, 3.63) is 29.3 Å². The Labute approximate surface area is 64.6 Å². The minimum Gasteiger partial charge on any atom is -0.507 e. The monoisotopic (exact) mass is 151 g/mol. The molecule has 1 aromatic carbocycles. The SMILES string of the molecule is Cc1cccc(/C=N/O)c1O. The first-order valence-corrected chi connectivity index (χ1v) is 3.21. The minimum absolute atomic E-state index is 0.158. The molecule has 0 atom stereocenters. The number of rotatable bonds is 1. The molecule has 0 amide bonds. The van der Waals surface area contributed by atoms with Gasteiger partial charge in [-0.1, -0.05) is 17.3 Å². The van der Waals surface area contributed by atoms with Gasteiger partial charge in [0, 0.05) is 5.56 Å². The number of nitrogens with zero attached hydrogens (tertiary/aromatic N) is 1. The molecule has 0 aliphatic rings. The quantitative estimate of drug-likeness (QED) is 0.363. The van der Waals surface area contributed by atoms with Gasteiger partial charge in [-0.3, -0.25) is 0 Å². The molecule has 0 radical (unpaired) electrons. The van der Waals surface area contributed by atoms with Crippen LogP contribution >= 0.6 is 0 Å². The molecule has 0 bridgehead atoms. The Kier molecular flexibility index (Phi) is 2.11. The van der Waals surface area contributed by atoms with Crippen molar-refractivity contribution in [2.75, 3.05) is 0 Å². The number of hydrogen-bond donors (Lipinski definition) is 2. The van der Waals surface area contributed by atoms with Crippen LogP contribution in [0.1, 0.15) is 11.1 Å². The number of phenols is 1. The maximum Gasteiger partial charge on any atom is 0.127 e. The second-order valence-corrected chi connectivity index (χ2v) is 2.26. The number of phenolic OH excluding ortho intramolecular Hbond substituents is 1. The molecular weight excluding hydrogens is 142 g/mol. The molecule has 3 heteroatoms. The van der Waals surface area contributed by atoms with E-state index in [1.54, 1.807) is 25.1 Å². The summed E-state index contributed by atoms with van der Waals surface area (Å²) in [6, 6.07) is 5.23. The highest BCUT2D eigenvalue weighted by molar-refractivity contribution is 5.83. The van der Waals surface area contributed by atoms with E-state index in [2.05, 4.69) is 5.16 Å². The van der Waals surface area contributed by atoms with Gasteiger partial charge >= 0.3 is 0 Å². The van der Waals surface area contributed by atoms with E-state index in [0.29, 0.717) is 5.56 Å². The van der Waals surface area contributed by atoms with E-state index in [4.69, 9.17) is 5.21 Å². The summed E-state index contributed by atoms with van der Waals surface area (Å²) in [5.74, 6) is 0.158. The molecule has 11 heavy (non-hydrogen) atoms. The zero-order valence-corrected chi connectivity index (χ0v) is 6.15. The van der Waals surface area contributed by atoms with Crippen LogP contribution in [0.15, 0.2) is 23.4 Å². The molecule has 0 saturated carbocycles. The largest absolute Gasteiger partial charge is 0.507 e. The maximum absolute atomic E-state index is 9.33. The molecule has 58 valence electrons. The minimum atomic E-state index is 0.158. The van der Waals surface area contributed by atoms with E-state index in [1.807, 2.05) is 0 Å². The highest BCUT2D eigenvalue weighted by atomic mass is 16.4. The Bertz CT molecular complexity index is 281. The summed E-state index contributed by atoms with van der Waals surface area (Å²) >= 11 is 0. The average Bonchev–Trinajstić information content (AvgIpc) is 1.99. The number of aryl methyl sites for hydroxylation is 1. The van der Waals surface area contributed by atoms with Gasteiger partial charge in [-0.2, -0.15) is 0 Å². The molecule has 2 N–H and O–H groups in total. The Morgan fingerprint density at radius 2 is 2.18 bits per heavy atom. The molecule has 0 aromatic heterocycles. The number of aromatic hydroxyl groups is 1. The van der Waals surface area contributed by atoms with Gasteiger partial charge in [0.2, 0.25) is 0 Å². The Morgan fingerprint density at radius 3 is 2.82 bits per heavy atom. The van der Waals surface area contributed by atoms with Gasteiger partial charge in [-0.25, -0.2) is 0 Å². The van der Waals surface area contributed by atoms with Gasteiger partial charge in [-0.05, 0) is 18.6 Å². The van der Waals surface area contributed by atoms with Crippen molar-refractivity contribution in [3.8, 4) is 5.75 Å². The lowest BCUT2D eigenvalue weighted by Gasteiger charge is -1.99. The number of benzene rings is 1. The molecule has 0 spiro atoms. The first kappa shape index (κ1) is 7.60. The summed E-state index contributed by atoms with van der Waals surface area (Å²) in [5, 5.41) is 20.3. The first-order valence-electron chi connectivity index (χ1n) is 3.21. The van der Waals surface area contributed by atoms with E-state index in [9.17, 15) is 5.11 Å². The molecule has 0 unspecified atom stereocenters. The fraction of sp³-hybridized carbons (Fsp3) is 0.125. The first-order chi connectivity index (χ1) is 5.25. The predicted molar refractivity (Wildman–Crippen MR) is 42.2 cm³/mol. The van der Waals surface area contributed by atoms with Gasteiger partial charge in [0.1, 0.15) is 5.75 Å². The van der Waals surface area contributed by atoms with Crippen LogP contribution in [-0.2, 0) is 0 Å². The maximum atomic E-state index is 9.33. The van der Waals surface area contributed by atoms with Crippen LogP contribution in [0.4, 0.5) is 0 Å². The zero-order valence-electron chi connectivity index (χ0n) is 6.15. The van der Waals surface area contributed by atoms with Crippen molar-refractivity contribution in [2.45, 2.75) is 6.92 Å². The van der Waals surface area contributed by atoms with E-state index in [0.717, 1.165) is 5.56 Å². The van der Waals surface area contributed by atoms with Gasteiger partial charge in [0.15, 0.2) is 0 Å². The number of para-hydroxylation sites is 1. The van der Waals surface area contributed by atoms with Crippen molar-refractivity contribution >= 4 is 6.21 Å². The molecule has 3 nitrogen and oxygen atoms in total. The van der Waals surface area contributed by atoms with Crippen LogP contribution in [0.3, 0.4) is 0 Å². The van der Waals surface area contributed by atoms with Gasteiger partial charge in [0.25, 0.3) is 0 Å². The van der Waals surface area contributed by atoms with Crippen LogP contribution in [0.25, 0.3) is 0 Å². The Balaban J connectivity index is 3.16. The summed E-state index contributed by atoms with van der Waals surface area (Å²) in [4.78, 5) is 0. The second kappa shape index (κ2) is 3.05. The summed E-state index contributed by atoms with van der Waals surface area (Å²) in [6.07, 6.45) is 1.20. The highest BCUT2D eigenvalue weighted by Gasteiger charge is 1.99. The van der Waals surface area contributed by atoms with Crippen molar-refractivity contribution in [2.24, 2.45) is 5.16 Å². The molecule has 0 aliphatic heterocycles. The Hall–Kier alpha value is -1.51. The fourth-order valence-electron chi connectivity index (χ4n) is 0.848. The highest BCUT2D eigenvalue weighted by Crippen LogP contribution is 2.19. The topological polar surface area (TPSA) is 52.8 Å². The summed E-state index contributed by atoms with van der Waals surface area (Å²) in [5.41, 5.74) is 1.29. The standard InChI is InChI=1S/C8H9NO2/c1-6-3-2-4-7(5-9-11)8(6)10/h2-5,10-11H,1H3/b9-5+. The molecule has 0 saturated heterocycles. The summed E-state index contributed by atoms with van der Waals surface area (Å²) in [7, 11) is 0. The van der Waals surface area contributed by atoms with Crippen molar-refractivity contribution in [1.29, 1.82) is 0 Å². The smallest absolute Gasteiger partial charge is 0.127 e. The van der Waals surface area contributed by atoms with Gasteiger partial charge in [-0.15, -0.1) is 0 Å². The molecule has 0 heterocycles. The third kappa shape index (κ3) is 1.49. The lowest BCUT2D eigenvalue weighted by Crippen LogP contribution is -1.84. The second-order valence-electron chi connectivity index (χ2n) is 2.26. The van der Waals surface area contributed by atoms with Crippen molar-refractivity contribution in [3.63, 3.8) is 0 Å². The van der Waals surface area contributed by atoms with Crippen LogP contribution in [0, 0.1) is 6.92 Å². The number of oxime groups is 1. The molecule has 1 aromatic rings. The lowest BCUT2D eigenvalue weighted by molar-refractivity contribution is 0.321. The van der Waals surface area contributed by atoms with Crippen molar-refractivity contribution < 1.29 is 10.3 Å². The van der Waals surface area contributed by atoms with E-state index in [-0.39, 0.29) is 5.75 Å². The fourth-order valence-corrected chi connectivity index (χ4v) is 0.848. The van der Waals surface area contributed by atoms with Crippen LogP contribution in [0.5, 0.6) is 5.75 Å². The summed E-state index contributed by atoms with van der Waals surface area (Å²) < 4.78 is 0. The Morgan fingerprint density at radius 1 is 1.45 bits per heavy atom. The third-order valence-corrected chi connectivity index (χ3v) is 1.47. The third-order valence-electron chi connectivity index (χ3n) is 1.47. The van der Waals surface area contributed by atoms with Gasteiger partial charge < -0.3 is 10.3 Å². The lowest BCUT2D eigenvalue weighted by atomic mass is 10.1. The van der Waals surface area contributed by atoms with Crippen LogP contribution in [0.2, 0.25) is 0 Å². The molecule has 0 fully saturated rings. The normalized spacial score (nSPS) is 10.6. The van der Waals surface area contributed by atoms with E-state index < -0.39 is 0 Å². The molecular formula is C8H9NO2. The van der Waals surface area contributed by atoms with Crippen LogP contribution < -0.4 is 0 Å². The average molecular weight is 151 g/mol. The van der Waals surface area contributed by atoms with Crippen LogP contribution in [-0.4, -0.2) is 16.5 Å².